The van der Waals surface area contributed by atoms with Crippen molar-refractivity contribution in [1.82, 2.24) is 4.31 Å². The van der Waals surface area contributed by atoms with Gasteiger partial charge in [-0.05, 0) is 43.3 Å². The monoisotopic (exact) mass is 462 g/mol. The average Bonchev–Trinajstić information content (AvgIpc) is 3.05. The molecule has 0 bridgehead atoms. The molecule has 0 saturated carbocycles. The standard InChI is InChI=1S/C22H26N2O7S/c1-2-29-19-7-5-17(15-21(19)32(26,27)24-8-12-28-13-9-24)23-22(25)16-4-6-18-20(14-16)31-11-3-10-30-18/h4-7,14-15H,2-3,8-13H2,1H3,(H,23,25). The Kier molecular flexibility index (Phi) is 6.83. The molecule has 0 aromatic heterocycles. The van der Waals surface area contributed by atoms with Gasteiger partial charge >= 0.3 is 0 Å². The minimum Gasteiger partial charge on any atom is -0.492 e. The maximum Gasteiger partial charge on any atom is 0.255 e. The summed E-state index contributed by atoms with van der Waals surface area (Å²) < 4.78 is 49.9. The second-order valence-electron chi connectivity index (χ2n) is 7.28. The first-order valence-corrected chi connectivity index (χ1v) is 12.0. The summed E-state index contributed by atoms with van der Waals surface area (Å²) in [5.41, 5.74) is 0.720. The number of benzene rings is 2. The zero-order chi connectivity index (χ0) is 22.6. The molecule has 2 heterocycles. The van der Waals surface area contributed by atoms with Gasteiger partial charge in [0.05, 0.1) is 33.0 Å². The summed E-state index contributed by atoms with van der Waals surface area (Å²) in [6, 6.07) is 9.56. The number of fused-ring (bicyclic) bond motifs is 1. The first-order chi connectivity index (χ1) is 15.5. The Balaban J connectivity index is 1.59. The number of ether oxygens (including phenoxy) is 4. The van der Waals surface area contributed by atoms with Crippen molar-refractivity contribution in [3.8, 4) is 17.2 Å². The van der Waals surface area contributed by atoms with Gasteiger partial charge in [0, 0.05) is 30.8 Å². The molecule has 4 rings (SSSR count). The zero-order valence-electron chi connectivity index (χ0n) is 17.8. The van der Waals surface area contributed by atoms with Crippen LogP contribution in [0.3, 0.4) is 0 Å². The van der Waals surface area contributed by atoms with Gasteiger partial charge in [-0.1, -0.05) is 0 Å². The molecule has 1 saturated heterocycles. The topological polar surface area (TPSA) is 103 Å². The van der Waals surface area contributed by atoms with Crippen LogP contribution in [-0.2, 0) is 14.8 Å². The number of anilines is 1. The SMILES string of the molecule is CCOc1ccc(NC(=O)c2ccc3c(c2)OCCCO3)cc1S(=O)(=O)N1CCOCC1. The summed E-state index contributed by atoms with van der Waals surface area (Å²) >= 11 is 0. The van der Waals surface area contributed by atoms with Crippen molar-refractivity contribution >= 4 is 21.6 Å². The van der Waals surface area contributed by atoms with E-state index < -0.39 is 10.0 Å². The molecule has 0 atom stereocenters. The maximum atomic E-state index is 13.2. The van der Waals surface area contributed by atoms with E-state index in [9.17, 15) is 13.2 Å². The maximum absolute atomic E-state index is 13.2. The molecule has 2 aliphatic rings. The Morgan fingerprint density at radius 1 is 1.03 bits per heavy atom. The summed E-state index contributed by atoms with van der Waals surface area (Å²) in [4.78, 5) is 12.9. The van der Waals surface area contributed by atoms with Crippen LogP contribution in [0.25, 0.3) is 0 Å². The van der Waals surface area contributed by atoms with E-state index in [1.54, 1.807) is 37.3 Å². The lowest BCUT2D eigenvalue weighted by molar-refractivity contribution is 0.0729. The predicted molar refractivity (Wildman–Crippen MR) is 117 cm³/mol. The molecule has 2 aliphatic heterocycles. The van der Waals surface area contributed by atoms with E-state index in [2.05, 4.69) is 5.32 Å². The second-order valence-corrected chi connectivity index (χ2v) is 9.18. The van der Waals surface area contributed by atoms with Crippen LogP contribution in [0, 0.1) is 0 Å². The van der Waals surface area contributed by atoms with E-state index in [0.717, 1.165) is 6.42 Å². The number of sulfonamides is 1. The van der Waals surface area contributed by atoms with Crippen LogP contribution >= 0.6 is 0 Å². The number of carbonyl (C=O) groups excluding carboxylic acids is 1. The molecule has 172 valence electrons. The van der Waals surface area contributed by atoms with Crippen LogP contribution in [0.1, 0.15) is 23.7 Å². The molecule has 9 nitrogen and oxygen atoms in total. The third-order valence-electron chi connectivity index (χ3n) is 5.10. The Labute approximate surface area is 187 Å². The molecule has 0 radical (unpaired) electrons. The van der Waals surface area contributed by atoms with Crippen LogP contribution in [0.4, 0.5) is 5.69 Å². The minimum absolute atomic E-state index is 0.0118. The molecule has 2 aromatic rings. The molecule has 0 aliphatic carbocycles. The number of morpholine rings is 1. The third kappa shape index (κ3) is 4.82. The number of carbonyl (C=O) groups is 1. The van der Waals surface area contributed by atoms with E-state index in [1.807, 2.05) is 0 Å². The molecule has 0 spiro atoms. The third-order valence-corrected chi connectivity index (χ3v) is 7.02. The Hall–Kier alpha value is -2.82. The number of hydrogen-bond acceptors (Lipinski definition) is 7. The average molecular weight is 463 g/mol. The van der Waals surface area contributed by atoms with Crippen LogP contribution in [0.2, 0.25) is 0 Å². The largest absolute Gasteiger partial charge is 0.492 e. The smallest absolute Gasteiger partial charge is 0.255 e. The number of nitrogens with zero attached hydrogens (tertiary/aromatic N) is 1. The van der Waals surface area contributed by atoms with Gasteiger partial charge in [0.2, 0.25) is 10.0 Å². The van der Waals surface area contributed by atoms with Crippen LogP contribution in [0.5, 0.6) is 17.2 Å². The summed E-state index contributed by atoms with van der Waals surface area (Å²) in [5.74, 6) is 0.962. The van der Waals surface area contributed by atoms with Gasteiger partial charge in [-0.25, -0.2) is 8.42 Å². The molecule has 1 fully saturated rings. The van der Waals surface area contributed by atoms with E-state index in [1.165, 1.54) is 10.4 Å². The highest BCUT2D eigenvalue weighted by Crippen LogP contribution is 2.32. The quantitative estimate of drug-likeness (QED) is 0.704. The number of hydrogen-bond donors (Lipinski definition) is 1. The molecule has 10 heteroatoms. The molecule has 0 unspecified atom stereocenters. The van der Waals surface area contributed by atoms with Crippen LogP contribution < -0.4 is 19.5 Å². The predicted octanol–water partition coefficient (Wildman–Crippen LogP) is 2.52. The lowest BCUT2D eigenvalue weighted by Crippen LogP contribution is -2.40. The van der Waals surface area contributed by atoms with Crippen molar-refractivity contribution in [2.24, 2.45) is 0 Å². The molecule has 1 N–H and O–H groups in total. The molecular formula is C22H26N2O7S. The second kappa shape index (κ2) is 9.76. The highest BCUT2D eigenvalue weighted by atomic mass is 32.2. The number of rotatable bonds is 6. The Morgan fingerprint density at radius 2 is 1.78 bits per heavy atom. The van der Waals surface area contributed by atoms with Gasteiger partial charge in [0.15, 0.2) is 11.5 Å². The summed E-state index contributed by atoms with van der Waals surface area (Å²) in [6.07, 6.45) is 0.767. The van der Waals surface area contributed by atoms with Crippen molar-refractivity contribution in [3.63, 3.8) is 0 Å². The Bertz CT molecular complexity index is 1080. The van der Waals surface area contributed by atoms with Crippen LogP contribution in [0.15, 0.2) is 41.3 Å². The van der Waals surface area contributed by atoms with E-state index in [-0.39, 0.29) is 29.6 Å². The van der Waals surface area contributed by atoms with Crippen LogP contribution in [-0.4, -0.2) is 64.8 Å². The van der Waals surface area contributed by atoms with Crippen molar-refractivity contribution in [3.05, 3.63) is 42.0 Å². The summed E-state index contributed by atoms with van der Waals surface area (Å²) in [6.45, 7) is 4.38. The Morgan fingerprint density at radius 3 is 2.53 bits per heavy atom. The fourth-order valence-corrected chi connectivity index (χ4v) is 5.06. The van der Waals surface area contributed by atoms with Crippen molar-refractivity contribution in [2.45, 2.75) is 18.2 Å². The van der Waals surface area contributed by atoms with Crippen molar-refractivity contribution in [2.75, 3.05) is 51.4 Å². The first kappa shape index (κ1) is 22.4. The highest BCUT2D eigenvalue weighted by Gasteiger charge is 2.30. The normalized spacial score (nSPS) is 16.8. The van der Waals surface area contributed by atoms with Gasteiger partial charge in [-0.15, -0.1) is 0 Å². The molecule has 1 amide bonds. The number of amides is 1. The fourth-order valence-electron chi connectivity index (χ4n) is 3.50. The van der Waals surface area contributed by atoms with Gasteiger partial charge < -0.3 is 24.3 Å². The summed E-state index contributed by atoms with van der Waals surface area (Å²) in [5, 5.41) is 2.77. The lowest BCUT2D eigenvalue weighted by atomic mass is 10.2. The first-order valence-electron chi connectivity index (χ1n) is 10.5. The van der Waals surface area contributed by atoms with Gasteiger partial charge in [0.25, 0.3) is 5.91 Å². The van der Waals surface area contributed by atoms with Gasteiger partial charge in [0.1, 0.15) is 10.6 Å². The van der Waals surface area contributed by atoms with Crippen molar-refractivity contribution in [1.29, 1.82) is 0 Å². The highest BCUT2D eigenvalue weighted by molar-refractivity contribution is 7.89. The minimum atomic E-state index is -3.81. The molecule has 32 heavy (non-hydrogen) atoms. The molecule has 2 aromatic carbocycles. The van der Waals surface area contributed by atoms with Gasteiger partial charge in [-0.3, -0.25) is 4.79 Å². The number of nitrogens with one attached hydrogen (secondary N) is 1. The van der Waals surface area contributed by atoms with E-state index in [0.29, 0.717) is 55.8 Å². The van der Waals surface area contributed by atoms with E-state index >= 15 is 0 Å². The zero-order valence-corrected chi connectivity index (χ0v) is 18.7. The van der Waals surface area contributed by atoms with Crippen molar-refractivity contribution < 1.29 is 32.2 Å². The molecular weight excluding hydrogens is 436 g/mol. The summed E-state index contributed by atoms with van der Waals surface area (Å²) in [7, 11) is -3.81. The van der Waals surface area contributed by atoms with E-state index in [4.69, 9.17) is 18.9 Å². The fraction of sp³-hybridized carbons (Fsp3) is 0.409. The lowest BCUT2D eigenvalue weighted by Gasteiger charge is -2.27. The van der Waals surface area contributed by atoms with Gasteiger partial charge in [-0.2, -0.15) is 4.31 Å².